The lowest BCUT2D eigenvalue weighted by Crippen LogP contribution is -2.46. The number of fused-ring (bicyclic) bond motifs is 2. The molecule has 0 saturated heterocycles. The van der Waals surface area contributed by atoms with E-state index < -0.39 is 5.62 Å². The van der Waals surface area contributed by atoms with Crippen LogP contribution in [-0.2, 0) is 12.2 Å². The molecule has 0 spiro atoms. The summed E-state index contributed by atoms with van der Waals surface area (Å²) >= 11 is 6.54. The van der Waals surface area contributed by atoms with Gasteiger partial charge in [0.2, 0.25) is 5.56 Å². The molecular formula is C23H18BClFN3O3. The van der Waals surface area contributed by atoms with Gasteiger partial charge in [-0.2, -0.15) is 0 Å². The third-order valence-corrected chi connectivity index (χ3v) is 5.94. The molecule has 5 rings (SSSR count). The van der Waals surface area contributed by atoms with Gasteiger partial charge >= 0.3 is 0 Å². The number of aliphatic hydroxyl groups is 1. The molecule has 0 fully saturated rings. The van der Waals surface area contributed by atoms with E-state index in [0.29, 0.717) is 34.1 Å². The van der Waals surface area contributed by atoms with Crippen molar-refractivity contribution in [2.75, 3.05) is 13.2 Å². The van der Waals surface area contributed by atoms with Gasteiger partial charge in [-0.1, -0.05) is 11.6 Å². The van der Waals surface area contributed by atoms with Crippen LogP contribution in [0.15, 0.2) is 65.7 Å². The second-order valence-electron chi connectivity index (χ2n) is 7.75. The van der Waals surface area contributed by atoms with Crippen LogP contribution < -0.4 is 10.3 Å². The van der Waals surface area contributed by atoms with E-state index >= 15 is 0 Å². The number of benzene rings is 2. The number of rotatable bonds is 3. The smallest absolute Gasteiger partial charge is 0.248 e. The quantitative estimate of drug-likeness (QED) is 0.471. The van der Waals surface area contributed by atoms with E-state index in [0.717, 1.165) is 10.9 Å². The van der Waals surface area contributed by atoms with E-state index in [1.807, 2.05) is 4.57 Å². The lowest BCUT2D eigenvalue weighted by Gasteiger charge is -2.36. The number of hydrogen-bond donors (Lipinski definition) is 2. The van der Waals surface area contributed by atoms with Gasteiger partial charge in [0.15, 0.2) is 0 Å². The van der Waals surface area contributed by atoms with Crippen LogP contribution in [0.5, 0.6) is 5.75 Å². The summed E-state index contributed by atoms with van der Waals surface area (Å²) in [6, 6.07) is 12.9. The zero-order valence-electron chi connectivity index (χ0n) is 16.9. The summed E-state index contributed by atoms with van der Waals surface area (Å²) in [5.41, 5.74) is 0.256. The van der Waals surface area contributed by atoms with Crippen molar-refractivity contribution in [3.8, 4) is 11.4 Å². The van der Waals surface area contributed by atoms with Crippen molar-refractivity contribution in [3.05, 3.63) is 93.2 Å². The Kier molecular flexibility index (Phi) is 5.08. The van der Waals surface area contributed by atoms with E-state index in [4.69, 9.17) is 24.2 Å². The van der Waals surface area contributed by atoms with E-state index in [-0.39, 0.29) is 24.5 Å². The summed E-state index contributed by atoms with van der Waals surface area (Å²) in [5, 5.41) is 12.4. The topological polar surface area (TPSA) is 70.5 Å². The average molecular weight is 450 g/mol. The van der Waals surface area contributed by atoms with Crippen LogP contribution in [0.4, 0.5) is 4.39 Å². The summed E-state index contributed by atoms with van der Waals surface area (Å²) in [4.78, 5) is 15.9. The fourth-order valence-electron chi connectivity index (χ4n) is 4.08. The number of aromatic amines is 1. The molecule has 0 amide bonds. The van der Waals surface area contributed by atoms with Crippen molar-refractivity contribution >= 4 is 30.4 Å². The van der Waals surface area contributed by atoms with Crippen LogP contribution in [-0.4, -0.2) is 40.6 Å². The van der Waals surface area contributed by atoms with E-state index in [2.05, 4.69) is 4.98 Å². The molecule has 1 atom stereocenters. The van der Waals surface area contributed by atoms with E-state index in [9.17, 15) is 14.3 Å². The molecule has 0 bridgehead atoms. The Morgan fingerprint density at radius 1 is 1.22 bits per heavy atom. The first-order valence-corrected chi connectivity index (χ1v) is 10.4. The highest BCUT2D eigenvalue weighted by Crippen LogP contribution is 2.41. The Labute approximate surface area is 189 Å². The van der Waals surface area contributed by atoms with Gasteiger partial charge in [-0.05, 0) is 48.0 Å². The molecule has 3 heterocycles. The molecule has 2 aromatic heterocycles. The Morgan fingerprint density at radius 3 is 2.88 bits per heavy atom. The third kappa shape index (κ3) is 3.60. The minimum atomic E-state index is -1.91. The van der Waals surface area contributed by atoms with Crippen molar-refractivity contribution in [1.29, 1.82) is 0 Å². The van der Waals surface area contributed by atoms with Crippen molar-refractivity contribution in [3.63, 3.8) is 0 Å². The standard InChI is InChI=1S/C23H18BClFN3O3/c24-23(31)18-11-17(29-6-4-15-10-16(26)1-2-20(15)29)12-19(25)22(18)32-8-7-28(23)13-14-3-5-27-21(30)9-14/h1-6,9-12,31H,7-8,13H2,(H,27,30). The van der Waals surface area contributed by atoms with E-state index in [1.54, 1.807) is 47.6 Å². The highest BCUT2D eigenvalue weighted by molar-refractivity contribution is 6.32. The molecule has 160 valence electrons. The Morgan fingerprint density at radius 2 is 2.06 bits per heavy atom. The first-order chi connectivity index (χ1) is 15.3. The molecule has 32 heavy (non-hydrogen) atoms. The second kappa shape index (κ2) is 7.81. The molecule has 2 radical (unpaired) electrons. The maximum atomic E-state index is 13.6. The zero-order valence-corrected chi connectivity index (χ0v) is 17.6. The number of nitrogens with one attached hydrogen (secondary N) is 1. The average Bonchev–Trinajstić information content (AvgIpc) is 3.11. The minimum Gasteiger partial charge on any atom is -0.490 e. The van der Waals surface area contributed by atoms with Crippen molar-refractivity contribution in [1.82, 2.24) is 14.5 Å². The monoisotopic (exact) mass is 449 g/mol. The highest BCUT2D eigenvalue weighted by atomic mass is 35.5. The predicted molar refractivity (Wildman–Crippen MR) is 121 cm³/mol. The number of pyridine rings is 1. The third-order valence-electron chi connectivity index (χ3n) is 5.66. The lowest BCUT2D eigenvalue weighted by molar-refractivity contribution is -0.0458. The van der Waals surface area contributed by atoms with Crippen molar-refractivity contribution in [2.24, 2.45) is 0 Å². The second-order valence-corrected chi connectivity index (χ2v) is 8.16. The zero-order chi connectivity index (χ0) is 22.5. The molecule has 2 aromatic carbocycles. The lowest BCUT2D eigenvalue weighted by atomic mass is 9.81. The number of ether oxygens (including phenoxy) is 1. The normalized spacial score (nSPS) is 18.8. The van der Waals surface area contributed by atoms with Crippen molar-refractivity contribution < 1.29 is 14.2 Å². The summed E-state index contributed by atoms with van der Waals surface area (Å²) in [6.07, 6.45) is 3.34. The van der Waals surface area contributed by atoms with Gasteiger partial charge in [-0.25, -0.2) is 4.39 Å². The van der Waals surface area contributed by atoms with Gasteiger partial charge in [0.1, 0.15) is 31.6 Å². The number of H-pyrrole nitrogens is 1. The summed E-state index contributed by atoms with van der Waals surface area (Å²) < 4.78 is 21.3. The predicted octanol–water partition coefficient (Wildman–Crippen LogP) is 3.28. The number of halogens is 2. The van der Waals surface area contributed by atoms with Gasteiger partial charge in [0.05, 0.1) is 10.5 Å². The van der Waals surface area contributed by atoms with Crippen LogP contribution in [0.1, 0.15) is 11.1 Å². The van der Waals surface area contributed by atoms with E-state index in [1.165, 1.54) is 18.2 Å². The maximum absolute atomic E-state index is 13.6. The molecular weight excluding hydrogens is 432 g/mol. The summed E-state index contributed by atoms with van der Waals surface area (Å²) in [7, 11) is 6.44. The van der Waals surface area contributed by atoms with Crippen LogP contribution in [0.2, 0.25) is 5.02 Å². The largest absolute Gasteiger partial charge is 0.490 e. The SMILES string of the molecule is [B]C1(O)c2cc(-n3ccc4cc(F)ccc43)cc(Cl)c2OCCN1Cc1cc[nH]c(=O)c1. The fourth-order valence-corrected chi connectivity index (χ4v) is 4.35. The van der Waals surface area contributed by atoms with Crippen LogP contribution >= 0.6 is 11.6 Å². The number of aromatic nitrogens is 2. The van der Waals surface area contributed by atoms with Crippen LogP contribution in [0.3, 0.4) is 0 Å². The molecule has 1 unspecified atom stereocenters. The number of hydrogen-bond acceptors (Lipinski definition) is 4. The first-order valence-electron chi connectivity index (χ1n) is 10.0. The van der Waals surface area contributed by atoms with Gasteiger partial charge in [0, 0.05) is 48.2 Å². The van der Waals surface area contributed by atoms with Gasteiger partial charge < -0.3 is 19.4 Å². The van der Waals surface area contributed by atoms with Crippen molar-refractivity contribution in [2.45, 2.75) is 12.2 Å². The van der Waals surface area contributed by atoms with Gasteiger partial charge in [0.25, 0.3) is 0 Å². The Balaban J connectivity index is 1.60. The molecule has 1 aliphatic rings. The first kappa shape index (κ1) is 20.8. The Hall–Kier alpha value is -3.07. The van der Waals surface area contributed by atoms with Crippen LogP contribution in [0.25, 0.3) is 16.6 Å². The molecule has 2 N–H and O–H groups in total. The molecule has 1 aliphatic heterocycles. The highest BCUT2D eigenvalue weighted by Gasteiger charge is 2.37. The number of nitrogens with zero attached hydrogens (tertiary/aromatic N) is 2. The summed E-state index contributed by atoms with van der Waals surface area (Å²) in [5.74, 6) is -0.0216. The molecule has 4 aromatic rings. The molecule has 0 saturated carbocycles. The minimum absolute atomic E-state index is 0.229. The van der Waals surface area contributed by atoms with Gasteiger partial charge in [-0.15, -0.1) is 0 Å². The molecule has 9 heteroatoms. The van der Waals surface area contributed by atoms with Gasteiger partial charge in [-0.3, -0.25) is 9.69 Å². The molecule has 0 aliphatic carbocycles. The molecule has 6 nitrogen and oxygen atoms in total. The van der Waals surface area contributed by atoms with Crippen LogP contribution in [0, 0.1) is 5.82 Å². The Bertz CT molecular complexity index is 1380. The maximum Gasteiger partial charge on any atom is 0.248 e. The summed E-state index contributed by atoms with van der Waals surface area (Å²) in [6.45, 7) is 0.791. The fraction of sp³-hybridized carbons (Fsp3) is 0.174.